The summed E-state index contributed by atoms with van der Waals surface area (Å²) in [5.41, 5.74) is 6.66. The molecule has 100 valence electrons. The van der Waals surface area contributed by atoms with Gasteiger partial charge in [0.15, 0.2) is 0 Å². The number of nitrogens with zero attached hydrogens (tertiary/aromatic N) is 1. The molecule has 0 amide bonds. The number of ether oxygens (including phenoxy) is 1. The molecule has 0 unspecified atom stereocenters. The minimum Gasteiger partial charge on any atom is -0.462 e. The summed E-state index contributed by atoms with van der Waals surface area (Å²) in [4.78, 5) is 24.1. The van der Waals surface area contributed by atoms with Gasteiger partial charge >= 0.3 is 5.97 Å². The molecule has 2 rings (SSSR count). The van der Waals surface area contributed by atoms with Crippen LogP contribution in [0.15, 0.2) is 29.2 Å². The lowest BCUT2D eigenvalue weighted by Crippen LogP contribution is -2.20. The molecule has 0 saturated carbocycles. The first-order valence-corrected chi connectivity index (χ1v) is 6.18. The maximum atomic E-state index is 12.3. The lowest BCUT2D eigenvalue weighted by Gasteiger charge is -2.11. The highest BCUT2D eigenvalue weighted by atomic mass is 16.5. The first kappa shape index (κ1) is 13.1. The molecule has 5 nitrogen and oxygen atoms in total. The van der Waals surface area contributed by atoms with Crippen LogP contribution in [0.1, 0.15) is 24.2 Å². The normalized spacial score (nSPS) is 10.6. The number of hydrogen-bond acceptors (Lipinski definition) is 4. The summed E-state index contributed by atoms with van der Waals surface area (Å²) < 4.78 is 6.74. The smallest absolute Gasteiger partial charge is 0.343 e. The number of hydrogen-bond donors (Lipinski definition) is 1. The Hall–Kier alpha value is -2.30. The predicted molar refractivity (Wildman–Crippen MR) is 74.3 cm³/mol. The van der Waals surface area contributed by atoms with Crippen molar-refractivity contribution in [2.24, 2.45) is 0 Å². The van der Waals surface area contributed by atoms with Crippen molar-refractivity contribution in [2.75, 3.05) is 12.3 Å². The van der Waals surface area contributed by atoms with Crippen molar-refractivity contribution >= 4 is 22.6 Å². The number of anilines is 1. The summed E-state index contributed by atoms with van der Waals surface area (Å²) >= 11 is 0. The van der Waals surface area contributed by atoms with E-state index in [-0.39, 0.29) is 17.6 Å². The number of carbonyl (C=O) groups is 1. The van der Waals surface area contributed by atoms with Crippen LogP contribution in [0.2, 0.25) is 0 Å². The SMILES string of the molecule is CCOC(=O)c1cn(CC)c2ccc(N)cc2c1=O. The average Bonchev–Trinajstić information content (AvgIpc) is 2.40. The van der Waals surface area contributed by atoms with E-state index in [0.717, 1.165) is 5.52 Å². The first-order chi connectivity index (χ1) is 9.08. The largest absolute Gasteiger partial charge is 0.462 e. The molecule has 0 spiro atoms. The van der Waals surface area contributed by atoms with Gasteiger partial charge in [-0.2, -0.15) is 0 Å². The van der Waals surface area contributed by atoms with E-state index in [1.165, 1.54) is 0 Å². The van der Waals surface area contributed by atoms with Gasteiger partial charge in [-0.3, -0.25) is 4.79 Å². The van der Waals surface area contributed by atoms with E-state index in [9.17, 15) is 9.59 Å². The molecule has 0 saturated heterocycles. The van der Waals surface area contributed by atoms with Gasteiger partial charge < -0.3 is 15.0 Å². The Labute approximate surface area is 110 Å². The zero-order valence-corrected chi connectivity index (χ0v) is 11.0. The molecule has 0 aliphatic carbocycles. The quantitative estimate of drug-likeness (QED) is 0.674. The highest BCUT2D eigenvalue weighted by molar-refractivity contribution is 5.94. The molecule has 19 heavy (non-hydrogen) atoms. The number of benzene rings is 1. The lowest BCUT2D eigenvalue weighted by molar-refractivity contribution is 0.0524. The monoisotopic (exact) mass is 260 g/mol. The second-order valence-corrected chi connectivity index (χ2v) is 4.15. The number of nitrogen functional groups attached to an aromatic ring is 1. The van der Waals surface area contributed by atoms with Gasteiger partial charge in [-0.05, 0) is 32.0 Å². The summed E-state index contributed by atoms with van der Waals surface area (Å²) in [6, 6.07) is 5.11. The molecule has 2 N–H and O–H groups in total. The molecule has 0 fully saturated rings. The van der Waals surface area contributed by atoms with Gasteiger partial charge in [-0.25, -0.2) is 4.79 Å². The third-order valence-electron chi connectivity index (χ3n) is 2.94. The third-order valence-corrected chi connectivity index (χ3v) is 2.94. The predicted octanol–water partition coefficient (Wildman–Crippen LogP) is 1.78. The summed E-state index contributed by atoms with van der Waals surface area (Å²) in [5, 5.41) is 0.437. The highest BCUT2D eigenvalue weighted by Crippen LogP contribution is 2.16. The van der Waals surface area contributed by atoms with Crippen LogP contribution >= 0.6 is 0 Å². The number of nitrogens with two attached hydrogens (primary N) is 1. The molecular formula is C14H16N2O3. The number of carbonyl (C=O) groups excluding carboxylic acids is 1. The van der Waals surface area contributed by atoms with Crippen LogP contribution in [0.4, 0.5) is 5.69 Å². The molecule has 0 bridgehead atoms. The minimum absolute atomic E-state index is 0.0433. The lowest BCUT2D eigenvalue weighted by atomic mass is 10.1. The Bertz CT molecular complexity index is 689. The molecule has 1 aromatic carbocycles. The van der Waals surface area contributed by atoms with E-state index in [1.54, 1.807) is 31.3 Å². The van der Waals surface area contributed by atoms with E-state index in [0.29, 0.717) is 17.6 Å². The van der Waals surface area contributed by atoms with Crippen molar-refractivity contribution < 1.29 is 9.53 Å². The Balaban J connectivity index is 2.77. The van der Waals surface area contributed by atoms with Gasteiger partial charge in [0, 0.05) is 23.8 Å². The van der Waals surface area contributed by atoms with E-state index >= 15 is 0 Å². The Morgan fingerprint density at radius 2 is 2.11 bits per heavy atom. The van der Waals surface area contributed by atoms with Crippen molar-refractivity contribution in [3.63, 3.8) is 0 Å². The number of aryl methyl sites for hydroxylation is 1. The van der Waals surface area contributed by atoms with Gasteiger partial charge in [0.2, 0.25) is 5.43 Å². The maximum Gasteiger partial charge on any atom is 0.343 e. The van der Waals surface area contributed by atoms with Crippen molar-refractivity contribution in [3.8, 4) is 0 Å². The molecule has 0 aliphatic rings. The van der Waals surface area contributed by atoms with Crippen LogP contribution in [0.5, 0.6) is 0 Å². The molecular weight excluding hydrogens is 244 g/mol. The van der Waals surface area contributed by atoms with Crippen LogP contribution in [0, 0.1) is 0 Å². The zero-order chi connectivity index (χ0) is 14.0. The van der Waals surface area contributed by atoms with Crippen LogP contribution in [0.25, 0.3) is 10.9 Å². The molecule has 0 atom stereocenters. The summed E-state index contributed by atoms with van der Waals surface area (Å²) in [6.45, 7) is 4.52. The topological polar surface area (TPSA) is 74.3 Å². The second kappa shape index (κ2) is 5.14. The Morgan fingerprint density at radius 1 is 1.37 bits per heavy atom. The van der Waals surface area contributed by atoms with E-state index < -0.39 is 5.97 Å². The molecule has 1 heterocycles. The van der Waals surface area contributed by atoms with Gasteiger partial charge in [-0.1, -0.05) is 0 Å². The average molecular weight is 260 g/mol. The maximum absolute atomic E-state index is 12.3. The van der Waals surface area contributed by atoms with Crippen molar-refractivity contribution in [1.82, 2.24) is 4.57 Å². The van der Waals surface area contributed by atoms with Gasteiger partial charge in [0.05, 0.1) is 12.1 Å². The van der Waals surface area contributed by atoms with E-state index in [2.05, 4.69) is 0 Å². The van der Waals surface area contributed by atoms with Crippen LogP contribution in [-0.2, 0) is 11.3 Å². The van der Waals surface area contributed by atoms with Crippen LogP contribution in [-0.4, -0.2) is 17.1 Å². The molecule has 5 heteroatoms. The van der Waals surface area contributed by atoms with Crippen molar-refractivity contribution in [3.05, 3.63) is 40.2 Å². The van der Waals surface area contributed by atoms with Gasteiger partial charge in [0.25, 0.3) is 0 Å². The van der Waals surface area contributed by atoms with Crippen molar-refractivity contribution in [2.45, 2.75) is 20.4 Å². The zero-order valence-electron chi connectivity index (χ0n) is 11.0. The molecule has 0 radical (unpaired) electrons. The number of aromatic nitrogens is 1. The number of fused-ring (bicyclic) bond motifs is 1. The molecule has 2 aromatic rings. The fraction of sp³-hybridized carbons (Fsp3) is 0.286. The van der Waals surface area contributed by atoms with E-state index in [1.807, 2.05) is 11.5 Å². The van der Waals surface area contributed by atoms with Crippen LogP contribution in [0.3, 0.4) is 0 Å². The van der Waals surface area contributed by atoms with E-state index in [4.69, 9.17) is 10.5 Å². The third kappa shape index (κ3) is 2.31. The fourth-order valence-corrected chi connectivity index (χ4v) is 2.03. The molecule has 0 aliphatic heterocycles. The Kier molecular flexibility index (Phi) is 3.55. The number of rotatable bonds is 3. The highest BCUT2D eigenvalue weighted by Gasteiger charge is 2.16. The number of pyridine rings is 1. The summed E-state index contributed by atoms with van der Waals surface area (Å²) in [6.07, 6.45) is 1.54. The number of esters is 1. The second-order valence-electron chi connectivity index (χ2n) is 4.15. The molecule has 1 aromatic heterocycles. The Morgan fingerprint density at radius 3 is 2.74 bits per heavy atom. The summed E-state index contributed by atoms with van der Waals surface area (Å²) in [7, 11) is 0. The van der Waals surface area contributed by atoms with Gasteiger partial charge in [-0.15, -0.1) is 0 Å². The van der Waals surface area contributed by atoms with Gasteiger partial charge in [0.1, 0.15) is 5.56 Å². The first-order valence-electron chi connectivity index (χ1n) is 6.18. The summed E-state index contributed by atoms with van der Waals surface area (Å²) in [5.74, 6) is -0.598. The minimum atomic E-state index is -0.598. The fourth-order valence-electron chi connectivity index (χ4n) is 2.03. The standard InChI is InChI=1S/C14H16N2O3/c1-3-16-8-11(14(18)19-4-2)13(17)10-7-9(15)5-6-12(10)16/h5-8H,3-4,15H2,1-2H3. The van der Waals surface area contributed by atoms with Crippen molar-refractivity contribution in [1.29, 1.82) is 0 Å². The van der Waals surface area contributed by atoms with Crippen LogP contribution < -0.4 is 11.2 Å².